The van der Waals surface area contributed by atoms with Crippen molar-refractivity contribution >= 4 is 5.82 Å². The maximum atomic E-state index is 8.81. The number of fused-ring (bicyclic) bond motifs is 1. The molecule has 0 fully saturated rings. The Hall–Kier alpha value is -1.50. The number of nitrogens with one attached hydrogen (secondary N) is 1. The van der Waals surface area contributed by atoms with Crippen molar-refractivity contribution in [1.29, 1.82) is 5.26 Å². The summed E-state index contributed by atoms with van der Waals surface area (Å²) in [7, 11) is 0. The summed E-state index contributed by atoms with van der Waals surface area (Å²) >= 11 is 0. The molecule has 2 rings (SSSR count). The first-order valence-electron chi connectivity index (χ1n) is 4.46. The van der Waals surface area contributed by atoms with E-state index in [2.05, 4.69) is 30.3 Å². The zero-order chi connectivity index (χ0) is 9.42. The number of hydrogen-bond acceptors (Lipinski definition) is 3. The molecule has 2 heterocycles. The lowest BCUT2D eigenvalue weighted by Gasteiger charge is -2.27. The van der Waals surface area contributed by atoms with Gasteiger partial charge in [0.05, 0.1) is 12.2 Å². The molecule has 2 atom stereocenters. The van der Waals surface area contributed by atoms with E-state index in [0.29, 0.717) is 17.6 Å². The molecule has 1 aliphatic heterocycles. The van der Waals surface area contributed by atoms with Crippen molar-refractivity contribution in [3.63, 3.8) is 0 Å². The average Bonchev–Trinajstić information content (AvgIpc) is 2.47. The van der Waals surface area contributed by atoms with E-state index in [-0.39, 0.29) is 0 Å². The van der Waals surface area contributed by atoms with E-state index in [0.717, 1.165) is 12.2 Å². The molecule has 0 saturated heterocycles. The molecule has 0 aliphatic carbocycles. The van der Waals surface area contributed by atoms with Crippen molar-refractivity contribution in [1.82, 2.24) is 9.78 Å². The van der Waals surface area contributed by atoms with Crippen LogP contribution < -0.4 is 5.32 Å². The number of nitrogens with zero attached hydrogens (tertiary/aromatic N) is 3. The normalized spacial score (nSPS) is 25.9. The van der Waals surface area contributed by atoms with Gasteiger partial charge in [0, 0.05) is 6.04 Å². The Kier molecular flexibility index (Phi) is 1.73. The third-order valence-electron chi connectivity index (χ3n) is 2.41. The third kappa shape index (κ3) is 1.17. The molecule has 0 spiro atoms. The van der Waals surface area contributed by atoms with Crippen LogP contribution in [0.25, 0.3) is 0 Å². The number of aromatic nitrogens is 2. The summed E-state index contributed by atoms with van der Waals surface area (Å²) in [6, 6.07) is 2.94. The second-order valence-electron chi connectivity index (χ2n) is 3.59. The number of nitriles is 1. The van der Waals surface area contributed by atoms with Gasteiger partial charge in [-0.2, -0.15) is 10.4 Å². The Bertz CT molecular complexity index is 360. The highest BCUT2D eigenvalue weighted by atomic mass is 15.4. The van der Waals surface area contributed by atoms with Gasteiger partial charge in [0.15, 0.2) is 0 Å². The van der Waals surface area contributed by atoms with Gasteiger partial charge in [0.1, 0.15) is 17.5 Å². The van der Waals surface area contributed by atoms with Gasteiger partial charge in [-0.15, -0.1) is 0 Å². The second kappa shape index (κ2) is 2.77. The van der Waals surface area contributed by atoms with Gasteiger partial charge in [-0.25, -0.2) is 4.68 Å². The number of anilines is 1. The van der Waals surface area contributed by atoms with Crippen LogP contribution in [-0.2, 0) is 0 Å². The van der Waals surface area contributed by atoms with Crippen LogP contribution in [0, 0.1) is 11.3 Å². The Balaban J connectivity index is 2.47. The Morgan fingerprint density at radius 2 is 2.46 bits per heavy atom. The molecule has 13 heavy (non-hydrogen) atoms. The predicted octanol–water partition coefficient (Wildman–Crippen LogP) is 1.52. The molecule has 1 aliphatic rings. The molecule has 4 nitrogen and oxygen atoms in total. The molecule has 1 aromatic rings. The smallest absolute Gasteiger partial charge is 0.142 e. The molecular formula is C9H12N4. The monoisotopic (exact) mass is 176 g/mol. The summed E-state index contributed by atoms with van der Waals surface area (Å²) in [6.07, 6.45) is 2.68. The zero-order valence-electron chi connectivity index (χ0n) is 7.78. The minimum absolute atomic E-state index is 0.383. The van der Waals surface area contributed by atoms with Gasteiger partial charge >= 0.3 is 0 Å². The topological polar surface area (TPSA) is 53.6 Å². The fraction of sp³-hybridized carbons (Fsp3) is 0.556. The van der Waals surface area contributed by atoms with Gasteiger partial charge in [-0.3, -0.25) is 0 Å². The van der Waals surface area contributed by atoms with E-state index in [1.807, 2.05) is 4.68 Å². The average molecular weight is 176 g/mol. The molecule has 0 amide bonds. The molecule has 1 N–H and O–H groups in total. The van der Waals surface area contributed by atoms with Crippen LogP contribution in [0.15, 0.2) is 6.20 Å². The van der Waals surface area contributed by atoms with Gasteiger partial charge in [-0.1, -0.05) is 0 Å². The zero-order valence-corrected chi connectivity index (χ0v) is 7.78. The fourth-order valence-electron chi connectivity index (χ4n) is 1.83. The largest absolute Gasteiger partial charge is 0.367 e. The second-order valence-corrected chi connectivity index (χ2v) is 3.59. The molecular weight excluding hydrogens is 164 g/mol. The van der Waals surface area contributed by atoms with Crippen molar-refractivity contribution in [2.24, 2.45) is 0 Å². The van der Waals surface area contributed by atoms with Crippen LogP contribution in [0.5, 0.6) is 0 Å². The van der Waals surface area contributed by atoms with Gasteiger partial charge < -0.3 is 5.32 Å². The van der Waals surface area contributed by atoms with Crippen LogP contribution in [0.3, 0.4) is 0 Å². The van der Waals surface area contributed by atoms with Crippen molar-refractivity contribution < 1.29 is 0 Å². The van der Waals surface area contributed by atoms with Crippen LogP contribution >= 0.6 is 0 Å². The Labute approximate surface area is 77.2 Å². The summed E-state index contributed by atoms with van der Waals surface area (Å²) in [5.74, 6) is 0.869. The van der Waals surface area contributed by atoms with Crippen LogP contribution in [0.2, 0.25) is 0 Å². The van der Waals surface area contributed by atoms with Crippen molar-refractivity contribution in [2.75, 3.05) is 5.32 Å². The lowest BCUT2D eigenvalue weighted by atomic mass is 10.1. The van der Waals surface area contributed by atoms with E-state index in [1.54, 1.807) is 6.20 Å². The Morgan fingerprint density at radius 3 is 3.15 bits per heavy atom. The molecule has 0 bridgehead atoms. The van der Waals surface area contributed by atoms with E-state index >= 15 is 0 Å². The summed E-state index contributed by atoms with van der Waals surface area (Å²) in [5.41, 5.74) is 0.637. The summed E-state index contributed by atoms with van der Waals surface area (Å²) in [5, 5.41) is 16.3. The molecule has 0 radical (unpaired) electrons. The first-order valence-corrected chi connectivity index (χ1v) is 4.46. The van der Waals surface area contributed by atoms with E-state index in [9.17, 15) is 0 Å². The van der Waals surface area contributed by atoms with Gasteiger partial charge in [-0.05, 0) is 20.3 Å². The highest BCUT2D eigenvalue weighted by Crippen LogP contribution is 2.28. The molecule has 0 saturated carbocycles. The first kappa shape index (κ1) is 8.11. The number of hydrogen-bond donors (Lipinski definition) is 1. The van der Waals surface area contributed by atoms with Gasteiger partial charge in [0.2, 0.25) is 0 Å². The maximum Gasteiger partial charge on any atom is 0.142 e. The first-order chi connectivity index (χ1) is 6.22. The summed E-state index contributed by atoms with van der Waals surface area (Å²) in [4.78, 5) is 0. The summed E-state index contributed by atoms with van der Waals surface area (Å²) in [6.45, 7) is 4.24. The molecule has 4 heteroatoms. The third-order valence-corrected chi connectivity index (χ3v) is 2.41. The Morgan fingerprint density at radius 1 is 1.69 bits per heavy atom. The van der Waals surface area contributed by atoms with E-state index in [1.165, 1.54) is 0 Å². The highest BCUT2D eigenvalue weighted by molar-refractivity contribution is 5.53. The minimum Gasteiger partial charge on any atom is -0.367 e. The number of rotatable bonds is 0. The predicted molar refractivity (Wildman–Crippen MR) is 49.4 cm³/mol. The van der Waals surface area contributed by atoms with Gasteiger partial charge in [0.25, 0.3) is 0 Å². The molecule has 1 aromatic heterocycles. The van der Waals surface area contributed by atoms with Crippen LogP contribution in [0.1, 0.15) is 31.9 Å². The SMILES string of the molecule is C[C@@H]1C[C@H](C)n2ncc(C#N)c2N1. The standard InChI is InChI=1S/C9H12N4/c1-6-3-7(2)13-9(12-6)8(4-10)5-11-13/h5-7,12H,3H2,1-2H3/t6-,7+/m1/s1. The maximum absolute atomic E-state index is 8.81. The molecule has 68 valence electrons. The lowest BCUT2D eigenvalue weighted by molar-refractivity contribution is 0.414. The molecule has 0 unspecified atom stereocenters. The summed E-state index contributed by atoms with van der Waals surface area (Å²) < 4.78 is 1.89. The van der Waals surface area contributed by atoms with Crippen molar-refractivity contribution in [3.05, 3.63) is 11.8 Å². The van der Waals surface area contributed by atoms with Crippen LogP contribution in [0.4, 0.5) is 5.82 Å². The van der Waals surface area contributed by atoms with E-state index in [4.69, 9.17) is 5.26 Å². The van der Waals surface area contributed by atoms with Crippen LogP contribution in [-0.4, -0.2) is 15.8 Å². The van der Waals surface area contributed by atoms with Crippen molar-refractivity contribution in [3.8, 4) is 6.07 Å². The van der Waals surface area contributed by atoms with E-state index < -0.39 is 0 Å². The lowest BCUT2D eigenvalue weighted by Crippen LogP contribution is -2.29. The quantitative estimate of drug-likeness (QED) is 0.652. The molecule has 0 aromatic carbocycles. The minimum atomic E-state index is 0.383. The highest BCUT2D eigenvalue weighted by Gasteiger charge is 2.23. The van der Waals surface area contributed by atoms with Crippen molar-refractivity contribution in [2.45, 2.75) is 32.4 Å². The fourth-order valence-corrected chi connectivity index (χ4v) is 1.83.